The third-order valence-electron chi connectivity index (χ3n) is 2.36. The maximum absolute atomic E-state index is 12.4. The average Bonchev–Trinajstić information content (AvgIpc) is 2.78. The molecular formula is C11H10F3N3O. The highest BCUT2D eigenvalue weighted by Gasteiger charge is 2.33. The second-order valence-corrected chi connectivity index (χ2v) is 3.57. The number of ether oxygens (including phenoxy) is 1. The SMILES string of the molecule is COc1cc(-n2ccc(C(F)(F)F)n2)ccc1N. The fraction of sp³-hybridized carbons (Fsp3) is 0.182. The smallest absolute Gasteiger partial charge is 0.435 e. The summed E-state index contributed by atoms with van der Waals surface area (Å²) in [6.07, 6.45) is -3.23. The molecule has 0 bridgehead atoms. The van der Waals surface area contributed by atoms with Crippen LogP contribution < -0.4 is 10.5 Å². The molecule has 96 valence electrons. The molecule has 0 saturated heterocycles. The van der Waals surface area contributed by atoms with E-state index in [1.165, 1.54) is 19.4 Å². The lowest BCUT2D eigenvalue weighted by Crippen LogP contribution is -2.07. The van der Waals surface area contributed by atoms with Gasteiger partial charge < -0.3 is 10.5 Å². The fourth-order valence-electron chi connectivity index (χ4n) is 1.46. The zero-order chi connectivity index (χ0) is 13.3. The molecule has 0 fully saturated rings. The Labute approximate surface area is 101 Å². The molecule has 0 spiro atoms. The van der Waals surface area contributed by atoms with Gasteiger partial charge in [-0.05, 0) is 18.2 Å². The van der Waals surface area contributed by atoms with Crippen LogP contribution in [0, 0.1) is 0 Å². The van der Waals surface area contributed by atoms with Gasteiger partial charge in [-0.25, -0.2) is 4.68 Å². The molecule has 1 aromatic heterocycles. The fourth-order valence-corrected chi connectivity index (χ4v) is 1.46. The number of alkyl halides is 3. The summed E-state index contributed by atoms with van der Waals surface area (Å²) < 4.78 is 43.3. The summed E-state index contributed by atoms with van der Waals surface area (Å²) in [4.78, 5) is 0. The molecule has 0 saturated carbocycles. The Morgan fingerprint density at radius 3 is 2.56 bits per heavy atom. The number of hydrogen-bond donors (Lipinski definition) is 1. The Bertz CT molecular complexity index is 563. The Balaban J connectivity index is 2.40. The van der Waals surface area contributed by atoms with Crippen LogP contribution in [-0.4, -0.2) is 16.9 Å². The summed E-state index contributed by atoms with van der Waals surface area (Å²) in [6, 6.07) is 5.53. The van der Waals surface area contributed by atoms with Crippen LogP contribution in [-0.2, 0) is 6.18 Å². The maximum atomic E-state index is 12.4. The van der Waals surface area contributed by atoms with E-state index in [-0.39, 0.29) is 0 Å². The first-order valence-electron chi connectivity index (χ1n) is 4.98. The second kappa shape index (κ2) is 4.25. The molecule has 4 nitrogen and oxygen atoms in total. The molecule has 0 amide bonds. The molecule has 18 heavy (non-hydrogen) atoms. The minimum Gasteiger partial charge on any atom is -0.495 e. The first kappa shape index (κ1) is 12.3. The maximum Gasteiger partial charge on any atom is 0.435 e. The predicted octanol–water partition coefficient (Wildman–Crippen LogP) is 2.48. The van der Waals surface area contributed by atoms with Gasteiger partial charge in [0.25, 0.3) is 0 Å². The largest absolute Gasteiger partial charge is 0.495 e. The standard InChI is InChI=1S/C11H10F3N3O/c1-18-9-6-7(2-3-8(9)15)17-5-4-10(16-17)11(12,13)14/h2-6H,15H2,1H3. The molecule has 0 aliphatic heterocycles. The van der Waals surface area contributed by atoms with Crippen molar-refractivity contribution in [2.45, 2.75) is 6.18 Å². The van der Waals surface area contributed by atoms with Crippen LogP contribution in [0.4, 0.5) is 18.9 Å². The number of nitrogens with zero attached hydrogens (tertiary/aromatic N) is 2. The van der Waals surface area contributed by atoms with Gasteiger partial charge in [-0.2, -0.15) is 18.3 Å². The normalized spacial score (nSPS) is 11.6. The first-order valence-corrected chi connectivity index (χ1v) is 4.98. The van der Waals surface area contributed by atoms with Crippen molar-refractivity contribution in [2.75, 3.05) is 12.8 Å². The van der Waals surface area contributed by atoms with E-state index in [4.69, 9.17) is 10.5 Å². The number of methoxy groups -OCH3 is 1. The molecule has 0 radical (unpaired) electrons. The monoisotopic (exact) mass is 257 g/mol. The van der Waals surface area contributed by atoms with E-state index in [1.807, 2.05) is 0 Å². The lowest BCUT2D eigenvalue weighted by atomic mass is 10.2. The van der Waals surface area contributed by atoms with Crippen molar-refractivity contribution in [1.82, 2.24) is 9.78 Å². The van der Waals surface area contributed by atoms with Crippen LogP contribution >= 0.6 is 0 Å². The second-order valence-electron chi connectivity index (χ2n) is 3.57. The van der Waals surface area contributed by atoms with Crippen molar-refractivity contribution >= 4 is 5.69 Å². The van der Waals surface area contributed by atoms with Crippen LogP contribution in [0.15, 0.2) is 30.5 Å². The van der Waals surface area contributed by atoms with Crippen LogP contribution in [0.2, 0.25) is 0 Å². The molecule has 2 aromatic rings. The number of benzene rings is 1. The quantitative estimate of drug-likeness (QED) is 0.841. The van der Waals surface area contributed by atoms with Gasteiger partial charge in [-0.1, -0.05) is 0 Å². The lowest BCUT2D eigenvalue weighted by Gasteiger charge is -2.07. The van der Waals surface area contributed by atoms with Gasteiger partial charge in [0.1, 0.15) is 5.75 Å². The van der Waals surface area contributed by atoms with E-state index >= 15 is 0 Å². The highest BCUT2D eigenvalue weighted by atomic mass is 19.4. The van der Waals surface area contributed by atoms with Crippen molar-refractivity contribution in [3.8, 4) is 11.4 Å². The Hall–Kier alpha value is -2.18. The Morgan fingerprint density at radius 1 is 1.28 bits per heavy atom. The number of rotatable bonds is 2. The zero-order valence-electron chi connectivity index (χ0n) is 9.40. The molecule has 0 unspecified atom stereocenters. The van der Waals surface area contributed by atoms with Gasteiger partial charge in [0.15, 0.2) is 5.69 Å². The molecule has 0 aliphatic carbocycles. The highest BCUT2D eigenvalue weighted by molar-refractivity contribution is 5.57. The third-order valence-corrected chi connectivity index (χ3v) is 2.36. The molecule has 0 aliphatic rings. The number of anilines is 1. The highest BCUT2D eigenvalue weighted by Crippen LogP contribution is 2.29. The number of nitrogen functional groups attached to an aromatic ring is 1. The minimum absolute atomic E-state index is 0.386. The van der Waals surface area contributed by atoms with Crippen LogP contribution in [0.25, 0.3) is 5.69 Å². The molecule has 0 atom stereocenters. The van der Waals surface area contributed by atoms with Gasteiger partial charge in [-0.15, -0.1) is 0 Å². The van der Waals surface area contributed by atoms with E-state index in [9.17, 15) is 13.2 Å². The molecule has 1 heterocycles. The zero-order valence-corrected chi connectivity index (χ0v) is 9.40. The molecular weight excluding hydrogens is 247 g/mol. The Kier molecular flexibility index (Phi) is 2.90. The van der Waals surface area contributed by atoms with Gasteiger partial charge in [0.2, 0.25) is 0 Å². The van der Waals surface area contributed by atoms with Crippen LogP contribution in [0.1, 0.15) is 5.69 Å². The van der Waals surface area contributed by atoms with Gasteiger partial charge in [-0.3, -0.25) is 0 Å². The van der Waals surface area contributed by atoms with E-state index < -0.39 is 11.9 Å². The molecule has 2 N–H and O–H groups in total. The summed E-state index contributed by atoms with van der Waals surface area (Å²) in [5, 5.41) is 3.45. The van der Waals surface area contributed by atoms with Crippen molar-refractivity contribution in [3.05, 3.63) is 36.2 Å². The lowest BCUT2D eigenvalue weighted by molar-refractivity contribution is -0.141. The van der Waals surface area contributed by atoms with Crippen molar-refractivity contribution in [3.63, 3.8) is 0 Å². The van der Waals surface area contributed by atoms with Crippen molar-refractivity contribution in [2.24, 2.45) is 0 Å². The van der Waals surface area contributed by atoms with E-state index in [1.54, 1.807) is 12.1 Å². The number of hydrogen-bond acceptors (Lipinski definition) is 3. The van der Waals surface area contributed by atoms with Gasteiger partial charge >= 0.3 is 6.18 Å². The van der Waals surface area contributed by atoms with Crippen molar-refractivity contribution < 1.29 is 17.9 Å². The van der Waals surface area contributed by atoms with E-state index in [0.717, 1.165) is 10.7 Å². The minimum atomic E-state index is -4.46. The molecule has 1 aromatic carbocycles. The predicted molar refractivity (Wildman–Crippen MR) is 59.5 cm³/mol. The summed E-state index contributed by atoms with van der Waals surface area (Å²) >= 11 is 0. The summed E-state index contributed by atoms with van der Waals surface area (Å²) in [5.41, 5.74) is 5.52. The van der Waals surface area contributed by atoms with Gasteiger partial charge in [0.05, 0.1) is 18.5 Å². The van der Waals surface area contributed by atoms with Crippen molar-refractivity contribution in [1.29, 1.82) is 0 Å². The molecule has 7 heteroatoms. The summed E-state index contributed by atoms with van der Waals surface area (Å²) in [6.45, 7) is 0. The summed E-state index contributed by atoms with van der Waals surface area (Å²) in [5.74, 6) is 0.386. The number of nitrogens with two attached hydrogens (primary N) is 1. The number of halogens is 3. The van der Waals surface area contributed by atoms with Gasteiger partial charge in [0, 0.05) is 12.3 Å². The van der Waals surface area contributed by atoms with Crippen LogP contribution in [0.3, 0.4) is 0 Å². The number of aromatic nitrogens is 2. The van der Waals surface area contributed by atoms with E-state index in [2.05, 4.69) is 5.10 Å². The topological polar surface area (TPSA) is 53.1 Å². The van der Waals surface area contributed by atoms with E-state index in [0.29, 0.717) is 17.1 Å². The Morgan fingerprint density at radius 2 is 2.00 bits per heavy atom. The third kappa shape index (κ3) is 2.24. The summed E-state index contributed by atoms with van der Waals surface area (Å²) in [7, 11) is 1.43. The molecule has 2 rings (SSSR count). The first-order chi connectivity index (χ1) is 8.41. The van der Waals surface area contributed by atoms with Crippen LogP contribution in [0.5, 0.6) is 5.75 Å². The average molecular weight is 257 g/mol.